The number of aliphatic hydroxyl groups excluding tert-OH is 1. The molecular weight excluding hydrogens is 242 g/mol. The number of hydrogen-bond donors (Lipinski definition) is 1. The first-order valence-corrected chi connectivity index (χ1v) is 6.12. The predicted molar refractivity (Wildman–Crippen MR) is 72.3 cm³/mol. The van der Waals surface area contributed by atoms with Crippen molar-refractivity contribution in [2.75, 3.05) is 6.61 Å². The van der Waals surface area contributed by atoms with Crippen LogP contribution in [-0.2, 0) is 9.53 Å². The third-order valence-corrected chi connectivity index (χ3v) is 2.68. The molecule has 0 aliphatic heterocycles. The van der Waals surface area contributed by atoms with Crippen molar-refractivity contribution in [3.63, 3.8) is 0 Å². The van der Waals surface area contributed by atoms with E-state index in [2.05, 4.69) is 18.6 Å². The zero-order valence-electron chi connectivity index (χ0n) is 11.3. The lowest BCUT2D eigenvalue weighted by Crippen LogP contribution is -2.09. The van der Waals surface area contributed by atoms with Crippen LogP contribution in [0.25, 0.3) is 5.57 Å². The van der Waals surface area contributed by atoms with Crippen molar-refractivity contribution in [3.8, 4) is 6.07 Å². The molecule has 0 aromatic heterocycles. The summed E-state index contributed by atoms with van der Waals surface area (Å²) in [5.41, 5.74) is 1.54. The minimum absolute atomic E-state index is 0.0752. The first-order chi connectivity index (χ1) is 9.01. The van der Waals surface area contributed by atoms with Gasteiger partial charge in [-0.25, -0.2) is 4.79 Å². The van der Waals surface area contributed by atoms with E-state index in [0.29, 0.717) is 11.5 Å². The van der Waals surface area contributed by atoms with Gasteiger partial charge in [0.25, 0.3) is 0 Å². The average molecular weight is 259 g/mol. The third kappa shape index (κ3) is 3.59. The summed E-state index contributed by atoms with van der Waals surface area (Å²) in [4.78, 5) is 11.4. The Hall–Kier alpha value is -2.28. The van der Waals surface area contributed by atoms with Gasteiger partial charge in [-0.05, 0) is 24.0 Å². The van der Waals surface area contributed by atoms with Crippen molar-refractivity contribution in [2.24, 2.45) is 0 Å². The summed E-state index contributed by atoms with van der Waals surface area (Å²) in [6.45, 7) is 5.90. The van der Waals surface area contributed by atoms with Gasteiger partial charge in [-0.3, -0.25) is 0 Å². The number of allylic oxidation sites excluding steroid dienone is 1. The molecule has 0 saturated heterocycles. The molecule has 0 radical (unpaired) electrons. The number of carbonyl (C=O) groups is 1. The number of aliphatic hydroxyl groups is 1. The zero-order valence-corrected chi connectivity index (χ0v) is 11.3. The Bertz CT molecular complexity index is 521. The van der Waals surface area contributed by atoms with E-state index in [1.54, 1.807) is 19.1 Å². The van der Waals surface area contributed by atoms with Gasteiger partial charge in [0.1, 0.15) is 11.6 Å². The van der Waals surface area contributed by atoms with E-state index in [1.165, 1.54) is 0 Å². The maximum Gasteiger partial charge on any atom is 0.374 e. The fourth-order valence-electron chi connectivity index (χ4n) is 1.59. The normalized spacial score (nSPS) is 11.7. The lowest BCUT2D eigenvalue weighted by atomic mass is 9.98. The number of rotatable bonds is 4. The van der Waals surface area contributed by atoms with E-state index in [0.717, 1.165) is 5.56 Å². The first-order valence-electron chi connectivity index (χ1n) is 6.12. The van der Waals surface area contributed by atoms with Crippen molar-refractivity contribution in [1.82, 2.24) is 0 Å². The number of ether oxygens (including phenoxy) is 1. The second kappa shape index (κ2) is 6.60. The molecule has 0 heterocycles. The van der Waals surface area contributed by atoms with Gasteiger partial charge in [-0.2, -0.15) is 5.26 Å². The van der Waals surface area contributed by atoms with E-state index in [4.69, 9.17) is 5.26 Å². The van der Waals surface area contributed by atoms with Gasteiger partial charge in [-0.15, -0.1) is 0 Å². The number of carbonyl (C=O) groups excluding carboxylic acids is 1. The van der Waals surface area contributed by atoms with E-state index >= 15 is 0 Å². The van der Waals surface area contributed by atoms with E-state index in [9.17, 15) is 9.90 Å². The summed E-state index contributed by atoms with van der Waals surface area (Å²) in [5, 5.41) is 18.8. The van der Waals surface area contributed by atoms with Gasteiger partial charge in [0.15, 0.2) is 0 Å². The number of esters is 1. The topological polar surface area (TPSA) is 70.3 Å². The van der Waals surface area contributed by atoms with Crippen LogP contribution < -0.4 is 0 Å². The van der Waals surface area contributed by atoms with E-state index in [-0.39, 0.29) is 12.2 Å². The molecule has 1 N–H and O–H groups in total. The highest BCUT2D eigenvalue weighted by Crippen LogP contribution is 2.21. The van der Waals surface area contributed by atoms with Crippen molar-refractivity contribution in [3.05, 3.63) is 41.2 Å². The Morgan fingerprint density at radius 1 is 1.37 bits per heavy atom. The predicted octanol–water partition coefficient (Wildman–Crippen LogP) is 3.17. The molecule has 0 bridgehead atoms. The number of benzene rings is 1. The summed E-state index contributed by atoms with van der Waals surface area (Å²) < 4.78 is 4.67. The largest absolute Gasteiger partial charge is 0.501 e. The van der Waals surface area contributed by atoms with Crippen LogP contribution >= 0.6 is 0 Å². The summed E-state index contributed by atoms with van der Waals surface area (Å²) in [6.07, 6.45) is 0. The highest BCUT2D eigenvalue weighted by molar-refractivity contribution is 5.98. The molecule has 19 heavy (non-hydrogen) atoms. The standard InChI is InChI=1S/C15H17NO3/c1-4-19-15(18)14(17)13(9-16)12-7-5-11(6-8-12)10(2)3/h5-8,10,17H,4H2,1-3H3/b14-13+. The van der Waals surface area contributed by atoms with Gasteiger partial charge >= 0.3 is 5.97 Å². The molecule has 1 aromatic carbocycles. The van der Waals surface area contributed by atoms with Crippen LogP contribution in [0.4, 0.5) is 0 Å². The molecule has 0 fully saturated rings. The van der Waals surface area contributed by atoms with Crippen LogP contribution in [0.15, 0.2) is 30.0 Å². The minimum atomic E-state index is -0.882. The zero-order chi connectivity index (χ0) is 14.4. The highest BCUT2D eigenvalue weighted by Gasteiger charge is 2.17. The number of nitrogens with zero attached hydrogens (tertiary/aromatic N) is 1. The molecule has 0 aliphatic rings. The number of hydrogen-bond acceptors (Lipinski definition) is 4. The van der Waals surface area contributed by atoms with Crippen molar-refractivity contribution in [1.29, 1.82) is 5.26 Å². The van der Waals surface area contributed by atoms with Crippen molar-refractivity contribution < 1.29 is 14.6 Å². The Morgan fingerprint density at radius 2 is 1.95 bits per heavy atom. The summed E-state index contributed by atoms with van der Waals surface area (Å²) in [6, 6.07) is 9.00. The Kier molecular flexibility index (Phi) is 5.13. The second-order valence-corrected chi connectivity index (χ2v) is 4.33. The highest BCUT2D eigenvalue weighted by atomic mass is 16.5. The quantitative estimate of drug-likeness (QED) is 0.390. The molecule has 1 aromatic rings. The molecule has 4 nitrogen and oxygen atoms in total. The molecule has 0 amide bonds. The molecular formula is C15H17NO3. The maximum atomic E-state index is 11.4. The third-order valence-electron chi connectivity index (χ3n) is 2.68. The lowest BCUT2D eigenvalue weighted by molar-refractivity contribution is -0.141. The smallest absolute Gasteiger partial charge is 0.374 e. The average Bonchev–Trinajstić information content (AvgIpc) is 2.40. The summed E-state index contributed by atoms with van der Waals surface area (Å²) in [5.74, 6) is -1.16. The van der Waals surface area contributed by atoms with Gasteiger partial charge in [0.2, 0.25) is 5.76 Å². The molecule has 0 spiro atoms. The monoisotopic (exact) mass is 259 g/mol. The molecule has 0 unspecified atom stereocenters. The van der Waals surface area contributed by atoms with Gasteiger partial charge in [0, 0.05) is 0 Å². The van der Waals surface area contributed by atoms with Gasteiger partial charge in [0.05, 0.1) is 6.61 Å². The first kappa shape index (κ1) is 14.8. The molecule has 1 rings (SSSR count). The van der Waals surface area contributed by atoms with E-state index in [1.807, 2.05) is 18.2 Å². The Balaban J connectivity index is 3.14. The second-order valence-electron chi connectivity index (χ2n) is 4.33. The van der Waals surface area contributed by atoms with Crippen LogP contribution in [0.2, 0.25) is 0 Å². The van der Waals surface area contributed by atoms with Crippen LogP contribution in [0.3, 0.4) is 0 Å². The van der Waals surface area contributed by atoms with Crippen molar-refractivity contribution >= 4 is 11.5 Å². The van der Waals surface area contributed by atoms with Crippen LogP contribution in [-0.4, -0.2) is 17.7 Å². The lowest BCUT2D eigenvalue weighted by Gasteiger charge is -2.07. The SMILES string of the molecule is CCOC(=O)/C(O)=C(/C#N)c1ccc(C(C)C)cc1. The van der Waals surface area contributed by atoms with E-state index < -0.39 is 11.7 Å². The molecule has 100 valence electrons. The Morgan fingerprint density at radius 3 is 2.37 bits per heavy atom. The maximum absolute atomic E-state index is 11.4. The molecule has 0 atom stereocenters. The van der Waals surface area contributed by atoms with Crippen LogP contribution in [0.5, 0.6) is 0 Å². The van der Waals surface area contributed by atoms with Gasteiger partial charge in [-0.1, -0.05) is 38.1 Å². The molecule has 0 aliphatic carbocycles. The fraction of sp³-hybridized carbons (Fsp3) is 0.333. The Labute approximate surface area is 112 Å². The molecule has 4 heteroatoms. The van der Waals surface area contributed by atoms with Crippen LogP contribution in [0.1, 0.15) is 37.8 Å². The fourth-order valence-corrected chi connectivity index (χ4v) is 1.59. The number of nitriles is 1. The summed E-state index contributed by atoms with van der Waals surface area (Å²) in [7, 11) is 0. The van der Waals surface area contributed by atoms with Crippen LogP contribution in [0, 0.1) is 11.3 Å². The van der Waals surface area contributed by atoms with Crippen molar-refractivity contribution in [2.45, 2.75) is 26.7 Å². The molecule has 0 saturated carbocycles. The summed E-state index contributed by atoms with van der Waals surface area (Å²) >= 11 is 0. The van der Waals surface area contributed by atoms with Gasteiger partial charge < -0.3 is 9.84 Å². The minimum Gasteiger partial charge on any atom is -0.501 e.